The third-order valence-electron chi connectivity index (χ3n) is 9.16. The molecule has 1 fully saturated rings. The number of benzene rings is 3. The second kappa shape index (κ2) is 13.8. The molecule has 0 spiro atoms. The van der Waals surface area contributed by atoms with Gasteiger partial charge in [0.15, 0.2) is 12.1 Å². The molecular formula is C34H36ClN3O11. The van der Waals surface area contributed by atoms with Crippen LogP contribution in [0.4, 0.5) is 0 Å². The lowest BCUT2D eigenvalue weighted by molar-refractivity contribution is -0.245. The number of aliphatic hydroxyl groups is 3. The fourth-order valence-corrected chi connectivity index (χ4v) is 6.67. The molecule has 15 heteroatoms. The SMILES string of the molecule is COc1cccc2c1C(=O)c1c(O)c3c(c(O)c1C2=O)CC(O)(/C(CO)=N/NC(=O)c1ccccc1)CC3OC1CC(N)C(O)C(C)O1.Cl. The first-order valence-electron chi connectivity index (χ1n) is 15.3. The molecule has 2 aliphatic carbocycles. The standard InChI is InChI=1S/C34H35N3O11.ClH/c1-15-28(39)19(35)11-23(47-15)48-21-13-34(45,22(14-38)36-37-33(44)16-7-4-3-5-8-16)12-18-25(21)32(43)27-26(30(18)41)29(40)17-9-6-10-20(46-2)24(17)31(27)42;/h3-10,15,19,21,23,28,38-39,41,43,45H,11-14,35H2,1-2H3,(H,37,44);1H/b36-22+;. The number of nitrogens with one attached hydrogen (secondary N) is 1. The number of ether oxygens (including phenoxy) is 3. The fourth-order valence-electron chi connectivity index (χ4n) is 6.67. The average molecular weight is 698 g/mol. The second-order valence-corrected chi connectivity index (χ2v) is 12.1. The summed E-state index contributed by atoms with van der Waals surface area (Å²) in [6.07, 6.45) is -5.10. The number of hydrogen-bond donors (Lipinski definition) is 7. The zero-order valence-corrected chi connectivity index (χ0v) is 27.3. The number of hydrazone groups is 1. The maximum Gasteiger partial charge on any atom is 0.271 e. The van der Waals surface area contributed by atoms with Crippen LogP contribution in [0, 0.1) is 0 Å². The van der Waals surface area contributed by atoms with Crippen molar-refractivity contribution < 1.29 is 54.1 Å². The molecule has 6 rings (SSSR count). The number of halogens is 1. The van der Waals surface area contributed by atoms with E-state index in [0.29, 0.717) is 0 Å². The van der Waals surface area contributed by atoms with Gasteiger partial charge in [0, 0.05) is 47.6 Å². The summed E-state index contributed by atoms with van der Waals surface area (Å²) in [5.74, 6) is -3.43. The molecule has 49 heavy (non-hydrogen) atoms. The van der Waals surface area contributed by atoms with Gasteiger partial charge in [0.25, 0.3) is 5.91 Å². The van der Waals surface area contributed by atoms with E-state index < -0.39 is 95.8 Å². The lowest BCUT2D eigenvalue weighted by Gasteiger charge is -2.43. The number of aliphatic hydroxyl groups excluding tert-OH is 2. The van der Waals surface area contributed by atoms with Gasteiger partial charge in [-0.15, -0.1) is 12.4 Å². The molecule has 6 unspecified atom stereocenters. The van der Waals surface area contributed by atoms with E-state index in [1.807, 2.05) is 0 Å². The van der Waals surface area contributed by atoms with Crippen LogP contribution in [-0.2, 0) is 15.9 Å². The highest BCUT2D eigenvalue weighted by atomic mass is 35.5. The number of nitrogens with zero attached hydrogens (tertiary/aromatic N) is 1. The predicted molar refractivity (Wildman–Crippen MR) is 175 cm³/mol. The molecule has 0 aromatic heterocycles. The van der Waals surface area contributed by atoms with Gasteiger partial charge in [-0.2, -0.15) is 5.10 Å². The van der Waals surface area contributed by atoms with Crippen molar-refractivity contribution in [3.63, 3.8) is 0 Å². The summed E-state index contributed by atoms with van der Waals surface area (Å²) in [5, 5.41) is 60.2. The quantitative estimate of drug-likeness (QED) is 0.0830. The summed E-state index contributed by atoms with van der Waals surface area (Å²) in [6.45, 7) is 0.746. The van der Waals surface area contributed by atoms with E-state index >= 15 is 0 Å². The Morgan fingerprint density at radius 3 is 2.41 bits per heavy atom. The molecule has 1 amide bonds. The summed E-state index contributed by atoms with van der Waals surface area (Å²) in [7, 11) is 1.33. The highest BCUT2D eigenvalue weighted by molar-refractivity contribution is 6.31. The monoisotopic (exact) mass is 697 g/mol. The summed E-state index contributed by atoms with van der Waals surface area (Å²) in [6, 6.07) is 11.7. The largest absolute Gasteiger partial charge is 0.507 e. The Morgan fingerprint density at radius 2 is 1.76 bits per heavy atom. The number of carbonyl (C=O) groups is 3. The van der Waals surface area contributed by atoms with Gasteiger partial charge in [-0.1, -0.05) is 30.3 Å². The number of carbonyl (C=O) groups excluding carboxylic acids is 3. The van der Waals surface area contributed by atoms with Crippen LogP contribution >= 0.6 is 12.4 Å². The van der Waals surface area contributed by atoms with Crippen LogP contribution in [0.2, 0.25) is 0 Å². The molecule has 1 heterocycles. The lowest BCUT2D eigenvalue weighted by Crippen LogP contribution is -2.53. The molecule has 0 saturated carbocycles. The van der Waals surface area contributed by atoms with Crippen molar-refractivity contribution in [3.05, 3.63) is 87.5 Å². The molecule has 260 valence electrons. The van der Waals surface area contributed by atoms with Crippen molar-refractivity contribution in [1.82, 2.24) is 5.43 Å². The van der Waals surface area contributed by atoms with Crippen LogP contribution in [0.3, 0.4) is 0 Å². The first-order valence-corrected chi connectivity index (χ1v) is 15.3. The predicted octanol–water partition coefficient (Wildman–Crippen LogP) is 1.64. The Labute approximate surface area is 286 Å². The smallest absolute Gasteiger partial charge is 0.271 e. The number of amides is 1. The number of fused-ring (bicyclic) bond motifs is 3. The Bertz CT molecular complexity index is 1820. The lowest BCUT2D eigenvalue weighted by atomic mass is 9.71. The third kappa shape index (κ3) is 6.16. The number of ketones is 2. The third-order valence-corrected chi connectivity index (χ3v) is 9.16. The first-order chi connectivity index (χ1) is 22.9. The summed E-state index contributed by atoms with van der Waals surface area (Å²) < 4.78 is 17.4. The minimum absolute atomic E-state index is 0. The molecule has 3 aromatic carbocycles. The highest BCUT2D eigenvalue weighted by Crippen LogP contribution is 2.52. The molecule has 0 bridgehead atoms. The number of rotatable bonds is 7. The average Bonchev–Trinajstić information content (AvgIpc) is 3.07. The van der Waals surface area contributed by atoms with Crippen molar-refractivity contribution in [2.45, 2.75) is 62.4 Å². The molecule has 6 atom stereocenters. The normalized spacial score (nSPS) is 26.2. The minimum Gasteiger partial charge on any atom is -0.507 e. The van der Waals surface area contributed by atoms with E-state index in [1.54, 1.807) is 37.3 Å². The van der Waals surface area contributed by atoms with Gasteiger partial charge in [0.1, 0.15) is 22.8 Å². The van der Waals surface area contributed by atoms with Crippen LogP contribution in [0.1, 0.15) is 79.2 Å². The zero-order valence-electron chi connectivity index (χ0n) is 26.5. The maximum absolute atomic E-state index is 13.9. The van der Waals surface area contributed by atoms with E-state index in [4.69, 9.17) is 19.9 Å². The van der Waals surface area contributed by atoms with Gasteiger partial charge in [-0.05, 0) is 25.1 Å². The van der Waals surface area contributed by atoms with E-state index in [-0.39, 0.29) is 58.1 Å². The van der Waals surface area contributed by atoms with Gasteiger partial charge in [-0.25, -0.2) is 5.43 Å². The Hall–Kier alpha value is -4.41. The number of phenols is 2. The topological polar surface area (TPSA) is 230 Å². The second-order valence-electron chi connectivity index (χ2n) is 12.1. The van der Waals surface area contributed by atoms with Gasteiger partial charge in [0.05, 0.1) is 54.4 Å². The molecule has 3 aliphatic rings. The molecular weight excluding hydrogens is 662 g/mol. The highest BCUT2D eigenvalue weighted by Gasteiger charge is 2.49. The van der Waals surface area contributed by atoms with Crippen molar-refractivity contribution in [3.8, 4) is 17.2 Å². The summed E-state index contributed by atoms with van der Waals surface area (Å²) >= 11 is 0. The van der Waals surface area contributed by atoms with Crippen molar-refractivity contribution in [2.75, 3.05) is 13.7 Å². The fraction of sp³-hybridized carbons (Fsp3) is 0.353. The van der Waals surface area contributed by atoms with Crippen LogP contribution in [-0.4, -0.2) is 92.6 Å². The number of aromatic hydroxyl groups is 2. The van der Waals surface area contributed by atoms with Crippen molar-refractivity contribution >= 4 is 35.6 Å². The Morgan fingerprint density at radius 1 is 1.06 bits per heavy atom. The van der Waals surface area contributed by atoms with Crippen LogP contribution in [0.25, 0.3) is 0 Å². The first kappa shape index (κ1) is 35.9. The van der Waals surface area contributed by atoms with Gasteiger partial charge >= 0.3 is 0 Å². The zero-order chi connectivity index (χ0) is 34.5. The van der Waals surface area contributed by atoms with E-state index in [1.165, 1.54) is 25.3 Å². The molecule has 3 aromatic rings. The number of methoxy groups -OCH3 is 1. The van der Waals surface area contributed by atoms with E-state index in [2.05, 4.69) is 10.5 Å². The van der Waals surface area contributed by atoms with Crippen LogP contribution in [0.5, 0.6) is 17.2 Å². The van der Waals surface area contributed by atoms with Gasteiger partial charge in [0.2, 0.25) is 5.78 Å². The molecule has 14 nitrogen and oxygen atoms in total. The molecule has 1 aliphatic heterocycles. The molecule has 0 radical (unpaired) electrons. The number of hydrogen-bond acceptors (Lipinski definition) is 13. The van der Waals surface area contributed by atoms with E-state index in [0.717, 1.165) is 0 Å². The Balaban J connectivity index is 0.00000468. The van der Waals surface area contributed by atoms with Crippen LogP contribution in [0.15, 0.2) is 53.6 Å². The molecule has 1 saturated heterocycles. The van der Waals surface area contributed by atoms with Crippen molar-refractivity contribution in [1.29, 1.82) is 0 Å². The molecule has 8 N–H and O–H groups in total. The number of phenolic OH excluding ortho intramolecular Hbond substituents is 2. The van der Waals surface area contributed by atoms with Gasteiger partial charge in [-0.3, -0.25) is 14.4 Å². The summed E-state index contributed by atoms with van der Waals surface area (Å²) in [4.78, 5) is 40.4. The number of nitrogens with two attached hydrogens (primary N) is 1. The van der Waals surface area contributed by atoms with Crippen LogP contribution < -0.4 is 15.9 Å². The van der Waals surface area contributed by atoms with Crippen molar-refractivity contribution in [2.24, 2.45) is 10.8 Å². The maximum atomic E-state index is 13.9. The Kier molecular flexibility index (Phi) is 10.1. The van der Waals surface area contributed by atoms with E-state index in [9.17, 15) is 39.9 Å². The summed E-state index contributed by atoms with van der Waals surface area (Å²) in [5.41, 5.74) is 4.90. The minimum atomic E-state index is -2.13. The van der Waals surface area contributed by atoms with Gasteiger partial charge < -0.3 is 45.5 Å².